The molecule has 3 heteroatoms. The molecular weight excluding hydrogens is 342 g/mol. The number of para-hydroxylation sites is 1. The van der Waals surface area contributed by atoms with Crippen molar-refractivity contribution in [1.29, 1.82) is 0 Å². The molecule has 0 unspecified atom stereocenters. The standard InChI is InChI=1S/C23H22ClNO/c24-22-14-8-7-13-20(22)21-15-18(17-9-3-1-4-10-17)16-25(23(21)26)19-11-5-2-6-12-19/h2,5-8,11-17H,1,3-4,9-10H2. The third-order valence-electron chi connectivity index (χ3n) is 5.31. The summed E-state index contributed by atoms with van der Waals surface area (Å²) in [5.74, 6) is 0.514. The van der Waals surface area contributed by atoms with Gasteiger partial charge in [-0.2, -0.15) is 0 Å². The maximum absolute atomic E-state index is 13.3. The zero-order valence-electron chi connectivity index (χ0n) is 14.7. The first-order chi connectivity index (χ1) is 12.7. The normalized spacial score (nSPS) is 15.1. The number of rotatable bonds is 3. The summed E-state index contributed by atoms with van der Waals surface area (Å²) in [4.78, 5) is 13.3. The van der Waals surface area contributed by atoms with E-state index < -0.39 is 0 Å². The molecule has 1 saturated carbocycles. The van der Waals surface area contributed by atoms with Gasteiger partial charge in [-0.3, -0.25) is 9.36 Å². The molecule has 0 aliphatic heterocycles. The van der Waals surface area contributed by atoms with Crippen LogP contribution >= 0.6 is 11.6 Å². The molecule has 1 aliphatic rings. The molecule has 2 aromatic carbocycles. The first kappa shape index (κ1) is 17.1. The lowest BCUT2D eigenvalue weighted by Crippen LogP contribution is -2.22. The Morgan fingerprint density at radius 2 is 1.54 bits per heavy atom. The number of halogens is 1. The zero-order valence-corrected chi connectivity index (χ0v) is 15.5. The van der Waals surface area contributed by atoms with E-state index in [4.69, 9.17) is 11.6 Å². The van der Waals surface area contributed by atoms with Crippen molar-refractivity contribution in [3.63, 3.8) is 0 Å². The maximum Gasteiger partial charge on any atom is 0.263 e. The van der Waals surface area contributed by atoms with Crippen molar-refractivity contribution < 1.29 is 0 Å². The van der Waals surface area contributed by atoms with E-state index in [1.165, 1.54) is 37.7 Å². The minimum Gasteiger partial charge on any atom is -0.284 e. The van der Waals surface area contributed by atoms with Crippen molar-refractivity contribution in [2.24, 2.45) is 0 Å². The quantitative estimate of drug-likeness (QED) is 0.542. The van der Waals surface area contributed by atoms with Crippen molar-refractivity contribution in [2.75, 3.05) is 0 Å². The summed E-state index contributed by atoms with van der Waals surface area (Å²) in [6, 6.07) is 19.5. The SMILES string of the molecule is O=c1c(-c2ccccc2Cl)cc(C2CCCCC2)cn1-c1ccccc1. The van der Waals surface area contributed by atoms with Gasteiger partial charge in [0.25, 0.3) is 5.56 Å². The minimum atomic E-state index is -0.0242. The Hall–Kier alpha value is -2.32. The van der Waals surface area contributed by atoms with Crippen molar-refractivity contribution in [2.45, 2.75) is 38.0 Å². The number of hydrogen-bond donors (Lipinski definition) is 0. The van der Waals surface area contributed by atoms with Gasteiger partial charge in [0, 0.05) is 28.0 Å². The molecule has 0 amide bonds. The van der Waals surface area contributed by atoms with Crippen LogP contribution < -0.4 is 5.56 Å². The molecular formula is C23H22ClNO. The van der Waals surface area contributed by atoms with Crippen LogP contribution in [0.25, 0.3) is 16.8 Å². The fourth-order valence-electron chi connectivity index (χ4n) is 3.92. The van der Waals surface area contributed by atoms with E-state index in [1.54, 1.807) is 4.57 Å². The smallest absolute Gasteiger partial charge is 0.263 e. The Kier molecular flexibility index (Phi) is 4.94. The van der Waals surface area contributed by atoms with Crippen LogP contribution in [0, 0.1) is 0 Å². The fourth-order valence-corrected chi connectivity index (χ4v) is 4.15. The van der Waals surface area contributed by atoms with Crippen LogP contribution in [0.15, 0.2) is 71.7 Å². The topological polar surface area (TPSA) is 22.0 Å². The van der Waals surface area contributed by atoms with Crippen LogP contribution in [0.5, 0.6) is 0 Å². The number of aromatic nitrogens is 1. The van der Waals surface area contributed by atoms with E-state index in [2.05, 4.69) is 6.07 Å². The third-order valence-corrected chi connectivity index (χ3v) is 5.64. The van der Waals surface area contributed by atoms with Gasteiger partial charge in [0.15, 0.2) is 0 Å². The van der Waals surface area contributed by atoms with E-state index in [0.717, 1.165) is 11.3 Å². The van der Waals surface area contributed by atoms with Crippen LogP contribution in [0.4, 0.5) is 0 Å². The lowest BCUT2D eigenvalue weighted by Gasteiger charge is -2.23. The van der Waals surface area contributed by atoms with Gasteiger partial charge < -0.3 is 0 Å². The first-order valence-electron chi connectivity index (χ1n) is 9.31. The van der Waals surface area contributed by atoms with Crippen LogP contribution in [-0.2, 0) is 0 Å². The lowest BCUT2D eigenvalue weighted by molar-refractivity contribution is 0.442. The van der Waals surface area contributed by atoms with E-state index in [9.17, 15) is 4.79 Å². The Morgan fingerprint density at radius 1 is 0.846 bits per heavy atom. The molecule has 132 valence electrons. The minimum absolute atomic E-state index is 0.0242. The molecule has 0 radical (unpaired) electrons. The average Bonchev–Trinajstić information content (AvgIpc) is 2.70. The summed E-state index contributed by atoms with van der Waals surface area (Å²) >= 11 is 6.42. The lowest BCUT2D eigenvalue weighted by atomic mass is 9.84. The summed E-state index contributed by atoms with van der Waals surface area (Å²) in [5, 5.41) is 0.616. The summed E-state index contributed by atoms with van der Waals surface area (Å²) in [5.41, 5.74) is 3.60. The maximum atomic E-state index is 13.3. The number of hydrogen-bond acceptors (Lipinski definition) is 1. The highest BCUT2D eigenvalue weighted by Gasteiger charge is 2.20. The molecule has 0 N–H and O–H groups in total. The number of benzene rings is 2. The van der Waals surface area contributed by atoms with E-state index in [-0.39, 0.29) is 5.56 Å². The Balaban J connectivity index is 1.93. The molecule has 2 nitrogen and oxygen atoms in total. The largest absolute Gasteiger partial charge is 0.284 e. The monoisotopic (exact) mass is 363 g/mol. The van der Waals surface area contributed by atoms with Crippen LogP contribution in [0.3, 0.4) is 0 Å². The molecule has 0 atom stereocenters. The Bertz CT molecular complexity index is 955. The van der Waals surface area contributed by atoms with Gasteiger partial charge >= 0.3 is 0 Å². The second-order valence-electron chi connectivity index (χ2n) is 7.01. The molecule has 1 heterocycles. The molecule has 0 bridgehead atoms. The summed E-state index contributed by atoms with van der Waals surface area (Å²) in [6.45, 7) is 0. The van der Waals surface area contributed by atoms with Gasteiger partial charge in [0.2, 0.25) is 0 Å². The fraction of sp³-hybridized carbons (Fsp3) is 0.261. The van der Waals surface area contributed by atoms with Gasteiger partial charge in [-0.05, 0) is 48.6 Å². The summed E-state index contributed by atoms with van der Waals surface area (Å²) in [6.07, 6.45) is 8.25. The molecule has 1 aliphatic carbocycles. The highest BCUT2D eigenvalue weighted by atomic mass is 35.5. The molecule has 0 spiro atoms. The van der Waals surface area contributed by atoms with Gasteiger partial charge in [0.05, 0.1) is 0 Å². The summed E-state index contributed by atoms with van der Waals surface area (Å²) in [7, 11) is 0. The average molecular weight is 364 g/mol. The number of nitrogens with zero attached hydrogens (tertiary/aromatic N) is 1. The second-order valence-corrected chi connectivity index (χ2v) is 7.42. The molecule has 0 saturated heterocycles. The molecule has 4 rings (SSSR count). The first-order valence-corrected chi connectivity index (χ1v) is 9.69. The summed E-state index contributed by atoms with van der Waals surface area (Å²) < 4.78 is 1.78. The van der Waals surface area contributed by atoms with Crippen molar-refractivity contribution in [3.8, 4) is 16.8 Å². The highest BCUT2D eigenvalue weighted by molar-refractivity contribution is 6.33. The molecule has 3 aromatic rings. The second kappa shape index (κ2) is 7.51. The van der Waals surface area contributed by atoms with Crippen LogP contribution in [0.2, 0.25) is 5.02 Å². The van der Waals surface area contributed by atoms with Gasteiger partial charge in [-0.25, -0.2) is 0 Å². The van der Waals surface area contributed by atoms with E-state index in [1.807, 2.05) is 60.8 Å². The molecule has 1 aromatic heterocycles. The van der Waals surface area contributed by atoms with E-state index >= 15 is 0 Å². The van der Waals surface area contributed by atoms with Crippen molar-refractivity contribution >= 4 is 11.6 Å². The highest BCUT2D eigenvalue weighted by Crippen LogP contribution is 2.35. The molecule has 26 heavy (non-hydrogen) atoms. The predicted octanol–water partition coefficient (Wildman–Crippen LogP) is 6.21. The Labute approximate surface area is 159 Å². The third kappa shape index (κ3) is 3.34. The predicted molar refractivity (Wildman–Crippen MR) is 108 cm³/mol. The van der Waals surface area contributed by atoms with Crippen molar-refractivity contribution in [1.82, 2.24) is 4.57 Å². The van der Waals surface area contributed by atoms with Gasteiger partial charge in [-0.1, -0.05) is 67.3 Å². The van der Waals surface area contributed by atoms with Crippen LogP contribution in [-0.4, -0.2) is 4.57 Å². The van der Waals surface area contributed by atoms with Gasteiger partial charge in [0.1, 0.15) is 0 Å². The number of pyridine rings is 1. The zero-order chi connectivity index (χ0) is 17.9. The Morgan fingerprint density at radius 3 is 2.27 bits per heavy atom. The van der Waals surface area contributed by atoms with E-state index in [0.29, 0.717) is 16.5 Å². The molecule has 1 fully saturated rings. The van der Waals surface area contributed by atoms with Crippen molar-refractivity contribution in [3.05, 3.63) is 87.8 Å². The van der Waals surface area contributed by atoms with Gasteiger partial charge in [-0.15, -0.1) is 0 Å². The van der Waals surface area contributed by atoms with Crippen LogP contribution in [0.1, 0.15) is 43.6 Å².